The summed E-state index contributed by atoms with van der Waals surface area (Å²) in [7, 11) is 0. The summed E-state index contributed by atoms with van der Waals surface area (Å²) in [6.07, 6.45) is 2.23. The van der Waals surface area contributed by atoms with Gasteiger partial charge in [0, 0.05) is 22.7 Å². The van der Waals surface area contributed by atoms with Crippen LogP contribution in [-0.4, -0.2) is 15.9 Å². The van der Waals surface area contributed by atoms with Crippen molar-refractivity contribution in [1.82, 2.24) is 9.97 Å². The molecule has 5 N–H and O–H groups in total. The number of nitrogens with two attached hydrogens (primary N) is 1. The minimum absolute atomic E-state index is 0.00450. The number of carbonyl (C=O) groups excluding carboxylic acids is 1. The fraction of sp³-hybridized carbons (Fsp3) is 0. The largest absolute Gasteiger partial charge is 0.399 e. The van der Waals surface area contributed by atoms with Gasteiger partial charge in [0.2, 0.25) is 11.9 Å². The van der Waals surface area contributed by atoms with Crippen molar-refractivity contribution in [2.45, 2.75) is 0 Å². The molecule has 1 amide bonds. The normalized spacial score (nSPS) is 10.1. The van der Waals surface area contributed by atoms with Crippen molar-refractivity contribution in [2.75, 3.05) is 21.7 Å². The number of amides is 1. The summed E-state index contributed by atoms with van der Waals surface area (Å²) in [5.41, 5.74) is 8.09. The Kier molecular flexibility index (Phi) is 5.27. The van der Waals surface area contributed by atoms with Crippen LogP contribution < -0.4 is 21.7 Å². The second-order valence-corrected chi connectivity index (χ2v) is 5.54. The quantitative estimate of drug-likeness (QED) is 0.392. The van der Waals surface area contributed by atoms with Gasteiger partial charge in [0.05, 0.1) is 6.20 Å². The first-order valence-electron chi connectivity index (χ1n) is 7.99. The average Bonchev–Trinajstić information content (AvgIpc) is 2.66. The summed E-state index contributed by atoms with van der Waals surface area (Å²) in [6.45, 7) is 3.40. The Hall–Kier alpha value is -3.94. The first-order valence-corrected chi connectivity index (χ1v) is 7.99. The molecule has 27 heavy (non-hydrogen) atoms. The van der Waals surface area contributed by atoms with E-state index in [1.165, 1.54) is 6.08 Å². The maximum atomic E-state index is 14.1. The molecular weight excluding hydrogens is 347 g/mol. The maximum Gasteiger partial charge on any atom is 0.247 e. The zero-order chi connectivity index (χ0) is 19.2. The third-order valence-corrected chi connectivity index (χ3v) is 3.49. The van der Waals surface area contributed by atoms with E-state index in [0.717, 1.165) is 11.9 Å². The Balaban J connectivity index is 1.78. The van der Waals surface area contributed by atoms with Crippen molar-refractivity contribution < 1.29 is 9.18 Å². The van der Waals surface area contributed by atoms with E-state index < -0.39 is 5.82 Å². The van der Waals surface area contributed by atoms with Gasteiger partial charge in [0.25, 0.3) is 0 Å². The van der Waals surface area contributed by atoms with Gasteiger partial charge < -0.3 is 21.7 Å². The highest BCUT2D eigenvalue weighted by Crippen LogP contribution is 2.23. The van der Waals surface area contributed by atoms with Gasteiger partial charge in [-0.3, -0.25) is 4.79 Å². The van der Waals surface area contributed by atoms with Crippen LogP contribution in [0.2, 0.25) is 0 Å². The van der Waals surface area contributed by atoms with Crippen molar-refractivity contribution in [3.63, 3.8) is 0 Å². The van der Waals surface area contributed by atoms with Crippen LogP contribution in [0.25, 0.3) is 0 Å². The molecule has 0 atom stereocenters. The summed E-state index contributed by atoms with van der Waals surface area (Å²) >= 11 is 0. The minimum atomic E-state index is -0.613. The van der Waals surface area contributed by atoms with Crippen LogP contribution >= 0.6 is 0 Å². The Morgan fingerprint density at radius 2 is 1.81 bits per heavy atom. The lowest BCUT2D eigenvalue weighted by atomic mass is 10.2. The standard InChI is InChI=1S/C19H17FN6O/c1-2-17(27)23-14-4-3-5-15(10-14)24-18-16(20)11-22-19(26-18)25-13-8-6-12(21)7-9-13/h2-11H,1,21H2,(H,23,27)(H2,22,24,25,26). The van der Waals surface area contributed by atoms with Gasteiger partial charge in [0.1, 0.15) is 0 Å². The van der Waals surface area contributed by atoms with Crippen molar-refractivity contribution >= 4 is 40.4 Å². The van der Waals surface area contributed by atoms with Crippen molar-refractivity contribution in [3.8, 4) is 0 Å². The van der Waals surface area contributed by atoms with Gasteiger partial charge in [-0.25, -0.2) is 9.37 Å². The number of nitrogens with zero attached hydrogens (tertiary/aromatic N) is 2. The Labute approximate surface area is 155 Å². The highest BCUT2D eigenvalue weighted by atomic mass is 19.1. The molecule has 0 radical (unpaired) electrons. The molecule has 0 aliphatic rings. The second-order valence-electron chi connectivity index (χ2n) is 5.54. The molecule has 0 unspecified atom stereocenters. The summed E-state index contributed by atoms with van der Waals surface area (Å²) < 4.78 is 14.1. The first kappa shape index (κ1) is 17.9. The molecule has 2 aromatic carbocycles. The number of nitrogen functional groups attached to an aromatic ring is 1. The highest BCUT2D eigenvalue weighted by Gasteiger charge is 2.08. The number of hydrogen-bond donors (Lipinski definition) is 4. The van der Waals surface area contributed by atoms with Crippen LogP contribution in [0.1, 0.15) is 0 Å². The van der Waals surface area contributed by atoms with Crippen LogP contribution in [-0.2, 0) is 4.79 Å². The molecule has 0 fully saturated rings. The Bertz CT molecular complexity index is 974. The molecule has 8 heteroatoms. The van der Waals surface area contributed by atoms with E-state index >= 15 is 0 Å². The third-order valence-electron chi connectivity index (χ3n) is 3.49. The van der Waals surface area contributed by atoms with Gasteiger partial charge in [-0.2, -0.15) is 4.98 Å². The van der Waals surface area contributed by atoms with Gasteiger partial charge >= 0.3 is 0 Å². The SMILES string of the molecule is C=CC(=O)Nc1cccc(Nc2nc(Nc3ccc(N)cc3)ncc2F)c1. The molecule has 0 spiro atoms. The van der Waals surface area contributed by atoms with Gasteiger partial charge in [0.15, 0.2) is 11.6 Å². The average molecular weight is 364 g/mol. The van der Waals surface area contributed by atoms with Crippen LogP contribution in [0.15, 0.2) is 67.4 Å². The fourth-order valence-electron chi connectivity index (χ4n) is 2.22. The number of aromatic nitrogens is 2. The third kappa shape index (κ3) is 4.79. The Morgan fingerprint density at radius 1 is 1.07 bits per heavy atom. The van der Waals surface area contributed by atoms with E-state index in [4.69, 9.17) is 5.73 Å². The zero-order valence-electron chi connectivity index (χ0n) is 14.2. The number of nitrogens with one attached hydrogen (secondary N) is 3. The molecule has 0 saturated carbocycles. The van der Waals surface area contributed by atoms with E-state index in [0.29, 0.717) is 17.1 Å². The van der Waals surface area contributed by atoms with E-state index in [2.05, 4.69) is 32.5 Å². The molecule has 0 aliphatic heterocycles. The molecule has 1 aromatic heterocycles. The smallest absolute Gasteiger partial charge is 0.247 e. The van der Waals surface area contributed by atoms with Gasteiger partial charge in [-0.1, -0.05) is 12.6 Å². The van der Waals surface area contributed by atoms with E-state index in [1.54, 1.807) is 48.5 Å². The second kappa shape index (κ2) is 7.96. The van der Waals surface area contributed by atoms with E-state index in [1.807, 2.05) is 0 Å². The van der Waals surface area contributed by atoms with Crippen LogP contribution in [0.5, 0.6) is 0 Å². The molecule has 0 saturated heterocycles. The number of rotatable bonds is 6. The molecule has 0 bridgehead atoms. The maximum absolute atomic E-state index is 14.1. The van der Waals surface area contributed by atoms with Crippen LogP contribution in [0, 0.1) is 5.82 Å². The predicted molar refractivity (Wildman–Crippen MR) is 105 cm³/mol. The summed E-state index contributed by atoms with van der Waals surface area (Å²) in [5.74, 6) is -0.733. The monoisotopic (exact) mass is 364 g/mol. The first-order chi connectivity index (χ1) is 13.0. The molecule has 7 nitrogen and oxygen atoms in total. The number of carbonyl (C=O) groups is 1. The number of hydrogen-bond acceptors (Lipinski definition) is 6. The summed E-state index contributed by atoms with van der Waals surface area (Å²) in [4.78, 5) is 19.5. The summed E-state index contributed by atoms with van der Waals surface area (Å²) in [5, 5.41) is 8.49. The lowest BCUT2D eigenvalue weighted by molar-refractivity contribution is -0.111. The highest BCUT2D eigenvalue weighted by molar-refractivity contribution is 5.99. The lowest BCUT2D eigenvalue weighted by Crippen LogP contribution is -2.07. The minimum Gasteiger partial charge on any atom is -0.399 e. The fourth-order valence-corrected chi connectivity index (χ4v) is 2.22. The molecule has 1 heterocycles. The van der Waals surface area contributed by atoms with Crippen LogP contribution in [0.4, 0.5) is 38.9 Å². The number of benzene rings is 2. The van der Waals surface area contributed by atoms with Gasteiger partial charge in [-0.05, 0) is 48.5 Å². The molecule has 3 rings (SSSR count). The number of halogens is 1. The Morgan fingerprint density at radius 3 is 2.56 bits per heavy atom. The van der Waals surface area contributed by atoms with Crippen molar-refractivity contribution in [1.29, 1.82) is 0 Å². The number of anilines is 6. The van der Waals surface area contributed by atoms with Crippen LogP contribution in [0.3, 0.4) is 0 Å². The summed E-state index contributed by atoms with van der Waals surface area (Å²) in [6, 6.07) is 13.8. The predicted octanol–water partition coefficient (Wildman–Crippen LogP) is 3.81. The van der Waals surface area contributed by atoms with Crippen molar-refractivity contribution in [2.24, 2.45) is 0 Å². The van der Waals surface area contributed by atoms with E-state index in [9.17, 15) is 9.18 Å². The zero-order valence-corrected chi connectivity index (χ0v) is 14.2. The van der Waals surface area contributed by atoms with Crippen molar-refractivity contribution in [3.05, 3.63) is 73.2 Å². The lowest BCUT2D eigenvalue weighted by Gasteiger charge is -2.11. The molecule has 3 aromatic rings. The molecular formula is C19H17FN6O. The topological polar surface area (TPSA) is 105 Å². The van der Waals surface area contributed by atoms with Gasteiger partial charge in [-0.15, -0.1) is 0 Å². The molecule has 136 valence electrons. The van der Waals surface area contributed by atoms with E-state index in [-0.39, 0.29) is 17.7 Å². The molecule has 0 aliphatic carbocycles.